The second kappa shape index (κ2) is 7.89. The summed E-state index contributed by atoms with van der Waals surface area (Å²) >= 11 is 0. The van der Waals surface area contributed by atoms with Crippen molar-refractivity contribution in [2.45, 2.75) is 6.92 Å². The van der Waals surface area contributed by atoms with E-state index >= 15 is 0 Å². The molecule has 0 N–H and O–H groups in total. The zero-order chi connectivity index (χ0) is 20.4. The van der Waals surface area contributed by atoms with E-state index in [1.54, 1.807) is 36.4 Å². The summed E-state index contributed by atoms with van der Waals surface area (Å²) in [5.41, 5.74) is 1.98. The number of amides is 1. The molecule has 1 amide bonds. The van der Waals surface area contributed by atoms with Crippen LogP contribution in [-0.2, 0) is 9.53 Å². The van der Waals surface area contributed by atoms with E-state index in [9.17, 15) is 14.4 Å². The number of ketones is 1. The highest BCUT2D eigenvalue weighted by atomic mass is 16.5. The molecule has 1 aromatic heterocycles. The monoisotopic (exact) mass is 393 g/mol. The van der Waals surface area contributed by atoms with Gasteiger partial charge in [-0.15, -0.1) is 0 Å². The van der Waals surface area contributed by atoms with Gasteiger partial charge in [0.2, 0.25) is 0 Å². The molecule has 7 nitrogen and oxygen atoms in total. The van der Waals surface area contributed by atoms with Gasteiger partial charge in [-0.1, -0.05) is 12.1 Å². The van der Waals surface area contributed by atoms with E-state index in [0.29, 0.717) is 42.3 Å². The molecule has 0 radical (unpaired) electrons. The number of nitrogens with zero attached hydrogens (tertiary/aromatic N) is 1. The number of fused-ring (bicyclic) bond motifs is 2. The van der Waals surface area contributed by atoms with Crippen LogP contribution >= 0.6 is 0 Å². The number of hydrogen-bond donors (Lipinski definition) is 0. The third kappa shape index (κ3) is 3.77. The summed E-state index contributed by atoms with van der Waals surface area (Å²) in [6.45, 7) is 3.04. The Morgan fingerprint density at radius 1 is 0.966 bits per heavy atom. The van der Waals surface area contributed by atoms with Gasteiger partial charge in [0.05, 0.1) is 24.5 Å². The zero-order valence-electron chi connectivity index (χ0n) is 15.8. The van der Waals surface area contributed by atoms with Crippen molar-refractivity contribution in [3.05, 3.63) is 70.1 Å². The number of carbonyl (C=O) groups is 2. The Morgan fingerprint density at radius 2 is 1.79 bits per heavy atom. The van der Waals surface area contributed by atoms with Gasteiger partial charge in [-0.05, 0) is 36.8 Å². The van der Waals surface area contributed by atoms with Crippen LogP contribution in [0.2, 0.25) is 0 Å². The molecule has 0 saturated carbocycles. The lowest BCUT2D eigenvalue weighted by molar-refractivity contribution is -0.114. The Kier molecular flexibility index (Phi) is 5.14. The van der Waals surface area contributed by atoms with Gasteiger partial charge in [0.15, 0.2) is 0 Å². The highest BCUT2D eigenvalue weighted by molar-refractivity contribution is 6.52. The Bertz CT molecular complexity index is 1150. The predicted molar refractivity (Wildman–Crippen MR) is 107 cm³/mol. The zero-order valence-corrected chi connectivity index (χ0v) is 15.8. The lowest BCUT2D eigenvalue weighted by Gasteiger charge is -2.16. The number of Topliss-reactive ketones (excluding diaryl/α,β-unsaturated/α-hetero) is 1. The number of carbonyl (C=O) groups excluding carboxylic acids is 2. The quantitative estimate of drug-likeness (QED) is 0.349. The molecule has 0 saturated heterocycles. The minimum atomic E-state index is -0.529. The number of aryl methyl sites for hydroxylation is 1. The third-order valence-corrected chi connectivity index (χ3v) is 4.76. The van der Waals surface area contributed by atoms with Crippen LogP contribution in [0.4, 0.5) is 5.69 Å². The smallest absolute Gasteiger partial charge is 0.336 e. The number of benzene rings is 2. The van der Waals surface area contributed by atoms with Crippen molar-refractivity contribution in [3.8, 4) is 5.75 Å². The van der Waals surface area contributed by atoms with Gasteiger partial charge >= 0.3 is 5.63 Å². The summed E-state index contributed by atoms with van der Waals surface area (Å²) in [4.78, 5) is 37.0. The van der Waals surface area contributed by atoms with Crippen molar-refractivity contribution >= 4 is 28.3 Å². The third-order valence-electron chi connectivity index (χ3n) is 4.76. The van der Waals surface area contributed by atoms with E-state index < -0.39 is 17.3 Å². The molecule has 0 fully saturated rings. The van der Waals surface area contributed by atoms with Crippen LogP contribution < -0.4 is 15.3 Å². The summed E-state index contributed by atoms with van der Waals surface area (Å²) in [5.74, 6) is -0.440. The fraction of sp³-hybridized carbons (Fsp3) is 0.227. The van der Waals surface area contributed by atoms with Gasteiger partial charge in [-0.25, -0.2) is 4.79 Å². The van der Waals surface area contributed by atoms with Crippen LogP contribution in [0, 0.1) is 6.92 Å². The van der Waals surface area contributed by atoms with Gasteiger partial charge < -0.3 is 18.8 Å². The first-order valence-corrected chi connectivity index (χ1v) is 9.25. The highest BCUT2D eigenvalue weighted by Gasteiger charge is 2.34. The van der Waals surface area contributed by atoms with Crippen LogP contribution in [0.15, 0.2) is 57.7 Å². The number of hydrogen-bond acceptors (Lipinski definition) is 6. The van der Waals surface area contributed by atoms with Gasteiger partial charge in [0.1, 0.15) is 17.9 Å². The van der Waals surface area contributed by atoms with Crippen molar-refractivity contribution in [1.82, 2.24) is 0 Å². The average molecular weight is 393 g/mol. The van der Waals surface area contributed by atoms with E-state index in [-0.39, 0.29) is 6.61 Å². The van der Waals surface area contributed by atoms with Gasteiger partial charge in [-0.3, -0.25) is 9.59 Å². The molecule has 2 heterocycles. The standard InChI is InChI=1S/C22H19NO6/c1-14-12-20(24)29-19-13-15(6-7-16(14)19)28-11-10-27-9-8-23-18-5-3-2-4-17(18)21(25)22(23)26/h2-7,12-13H,8-11H2,1H3. The van der Waals surface area contributed by atoms with Gasteiger partial charge in [0.25, 0.3) is 11.7 Å². The molecule has 0 unspecified atom stereocenters. The number of para-hydroxylation sites is 1. The Hall–Kier alpha value is -3.45. The molecule has 1 aliphatic heterocycles. The molecule has 7 heteroatoms. The molecular weight excluding hydrogens is 374 g/mol. The topological polar surface area (TPSA) is 86.1 Å². The maximum absolute atomic E-state index is 12.1. The van der Waals surface area contributed by atoms with Crippen molar-refractivity contribution < 1.29 is 23.5 Å². The summed E-state index contributed by atoms with van der Waals surface area (Å²) in [5, 5.41) is 0.860. The van der Waals surface area contributed by atoms with Crippen LogP contribution in [0.3, 0.4) is 0 Å². The number of rotatable bonds is 7. The van der Waals surface area contributed by atoms with Crippen LogP contribution in [0.1, 0.15) is 15.9 Å². The Morgan fingerprint density at radius 3 is 2.66 bits per heavy atom. The summed E-state index contributed by atoms with van der Waals surface area (Å²) < 4.78 is 16.4. The summed E-state index contributed by atoms with van der Waals surface area (Å²) in [7, 11) is 0. The summed E-state index contributed by atoms with van der Waals surface area (Å²) in [6, 6.07) is 13.7. The van der Waals surface area contributed by atoms with E-state index in [2.05, 4.69) is 0 Å². The van der Waals surface area contributed by atoms with Gasteiger partial charge in [0, 0.05) is 24.1 Å². The Labute approximate surface area is 166 Å². The fourth-order valence-corrected chi connectivity index (χ4v) is 3.34. The molecule has 29 heavy (non-hydrogen) atoms. The molecular formula is C22H19NO6. The lowest BCUT2D eigenvalue weighted by atomic mass is 10.1. The fourth-order valence-electron chi connectivity index (χ4n) is 3.34. The SMILES string of the molecule is Cc1cc(=O)oc2cc(OCCOCCN3C(=O)C(=O)c4ccccc43)ccc12. The second-order valence-corrected chi connectivity index (χ2v) is 6.67. The van der Waals surface area contributed by atoms with Crippen LogP contribution in [-0.4, -0.2) is 38.1 Å². The van der Waals surface area contributed by atoms with E-state index in [0.717, 1.165) is 10.9 Å². The molecule has 0 bridgehead atoms. The first kappa shape index (κ1) is 18.9. The number of anilines is 1. The molecule has 0 atom stereocenters. The lowest BCUT2D eigenvalue weighted by Crippen LogP contribution is -2.33. The average Bonchev–Trinajstić information content (AvgIpc) is 2.95. The van der Waals surface area contributed by atoms with E-state index in [1.165, 1.54) is 11.0 Å². The maximum Gasteiger partial charge on any atom is 0.336 e. The molecule has 0 aliphatic carbocycles. The normalized spacial score (nSPS) is 13.2. The molecule has 2 aromatic carbocycles. The molecule has 0 spiro atoms. The minimum absolute atomic E-state index is 0.280. The first-order chi connectivity index (χ1) is 14.0. The van der Waals surface area contributed by atoms with Crippen LogP contribution in [0.25, 0.3) is 11.0 Å². The molecule has 148 valence electrons. The van der Waals surface area contributed by atoms with Crippen molar-refractivity contribution in [2.75, 3.05) is 31.3 Å². The maximum atomic E-state index is 12.1. The largest absolute Gasteiger partial charge is 0.491 e. The summed E-state index contributed by atoms with van der Waals surface area (Å²) in [6.07, 6.45) is 0. The Balaban J connectivity index is 1.27. The second-order valence-electron chi connectivity index (χ2n) is 6.67. The van der Waals surface area contributed by atoms with Gasteiger partial charge in [-0.2, -0.15) is 0 Å². The van der Waals surface area contributed by atoms with E-state index in [4.69, 9.17) is 13.9 Å². The predicted octanol–water partition coefficient (Wildman–Crippen LogP) is 2.73. The van der Waals surface area contributed by atoms with Crippen LogP contribution in [0.5, 0.6) is 5.75 Å². The first-order valence-electron chi connectivity index (χ1n) is 9.25. The molecule has 4 rings (SSSR count). The van der Waals surface area contributed by atoms with Crippen molar-refractivity contribution in [3.63, 3.8) is 0 Å². The van der Waals surface area contributed by atoms with E-state index in [1.807, 2.05) is 13.0 Å². The minimum Gasteiger partial charge on any atom is -0.491 e. The molecule has 3 aromatic rings. The van der Waals surface area contributed by atoms with Crippen molar-refractivity contribution in [1.29, 1.82) is 0 Å². The highest BCUT2D eigenvalue weighted by Crippen LogP contribution is 2.28. The van der Waals surface area contributed by atoms with Crippen molar-refractivity contribution in [2.24, 2.45) is 0 Å². The molecule has 1 aliphatic rings. The number of ether oxygens (including phenoxy) is 2.